The largest absolute Gasteiger partial charge is 0.396 e. The number of nitrogens with zero attached hydrogens (tertiary/aromatic N) is 1. The molecule has 0 aromatic heterocycles. The molecule has 1 aromatic rings. The fourth-order valence-corrected chi connectivity index (χ4v) is 2.48. The number of likely N-dealkylation sites (tertiary alicyclic amines) is 1. The summed E-state index contributed by atoms with van der Waals surface area (Å²) in [7, 11) is 0. The lowest BCUT2D eigenvalue weighted by Gasteiger charge is -2.31. The molecule has 2 N–H and O–H groups in total. The van der Waals surface area contributed by atoms with E-state index in [2.05, 4.69) is 5.32 Å². The second-order valence-corrected chi connectivity index (χ2v) is 5.34. The van der Waals surface area contributed by atoms with Crippen LogP contribution in [0.2, 0.25) is 0 Å². The minimum absolute atomic E-state index is 0.0247. The van der Waals surface area contributed by atoms with Crippen LogP contribution in [-0.2, 0) is 4.79 Å². The SMILES string of the molecule is O=C(NCC(=O)N1CCCC(CO)C1)c1ccc(F)cc1F. The lowest BCUT2D eigenvalue weighted by atomic mass is 9.99. The average Bonchev–Trinajstić information content (AvgIpc) is 2.52. The van der Waals surface area contributed by atoms with Crippen molar-refractivity contribution in [2.75, 3.05) is 26.2 Å². The highest BCUT2D eigenvalue weighted by molar-refractivity contribution is 5.96. The number of piperidine rings is 1. The van der Waals surface area contributed by atoms with Gasteiger partial charge in [0.1, 0.15) is 11.6 Å². The molecule has 7 heteroatoms. The third-order valence-corrected chi connectivity index (χ3v) is 3.71. The first-order valence-corrected chi connectivity index (χ1v) is 7.13. The number of rotatable bonds is 4. The molecular weight excluding hydrogens is 294 g/mol. The van der Waals surface area contributed by atoms with E-state index in [1.807, 2.05) is 0 Å². The van der Waals surface area contributed by atoms with Gasteiger partial charge in [-0.2, -0.15) is 0 Å². The van der Waals surface area contributed by atoms with Crippen LogP contribution < -0.4 is 5.32 Å². The van der Waals surface area contributed by atoms with Gasteiger partial charge in [0.25, 0.3) is 5.91 Å². The summed E-state index contributed by atoms with van der Waals surface area (Å²) < 4.78 is 26.2. The van der Waals surface area contributed by atoms with Crippen molar-refractivity contribution < 1.29 is 23.5 Å². The summed E-state index contributed by atoms with van der Waals surface area (Å²) in [4.78, 5) is 25.4. The number of halogens is 2. The zero-order valence-electron chi connectivity index (χ0n) is 12.0. The summed E-state index contributed by atoms with van der Waals surface area (Å²) in [5.74, 6) is -2.73. The van der Waals surface area contributed by atoms with E-state index in [1.54, 1.807) is 4.90 Å². The molecule has 5 nitrogen and oxygen atoms in total. The maximum atomic E-state index is 13.5. The van der Waals surface area contributed by atoms with Gasteiger partial charge in [-0.05, 0) is 30.9 Å². The molecule has 22 heavy (non-hydrogen) atoms. The Labute approximate surface area is 126 Å². The van der Waals surface area contributed by atoms with Crippen LogP contribution in [-0.4, -0.2) is 48.1 Å². The van der Waals surface area contributed by atoms with Crippen molar-refractivity contribution in [2.24, 2.45) is 5.92 Å². The molecule has 1 atom stereocenters. The Morgan fingerprint density at radius 2 is 2.14 bits per heavy atom. The number of hydrogen-bond acceptors (Lipinski definition) is 3. The Balaban J connectivity index is 1.89. The summed E-state index contributed by atoms with van der Waals surface area (Å²) in [6.45, 7) is 0.803. The lowest BCUT2D eigenvalue weighted by molar-refractivity contribution is -0.132. The third kappa shape index (κ3) is 4.00. The Hall–Kier alpha value is -2.02. The standard InChI is InChI=1S/C15H18F2N2O3/c16-11-3-4-12(13(17)6-11)15(22)18-7-14(21)19-5-1-2-10(8-19)9-20/h3-4,6,10,20H,1-2,5,7-9H2,(H,18,22). The third-order valence-electron chi connectivity index (χ3n) is 3.71. The predicted octanol–water partition coefficient (Wildman–Crippen LogP) is 0.925. The number of nitrogens with one attached hydrogen (secondary N) is 1. The van der Waals surface area contributed by atoms with Crippen LogP contribution in [0, 0.1) is 17.6 Å². The molecule has 1 heterocycles. The number of carbonyl (C=O) groups is 2. The van der Waals surface area contributed by atoms with Crippen molar-refractivity contribution in [1.82, 2.24) is 10.2 Å². The lowest BCUT2D eigenvalue weighted by Crippen LogP contribution is -2.45. The molecule has 2 rings (SSSR count). The van der Waals surface area contributed by atoms with E-state index in [4.69, 9.17) is 5.11 Å². The molecule has 120 valence electrons. The van der Waals surface area contributed by atoms with Crippen molar-refractivity contribution in [3.05, 3.63) is 35.4 Å². The van der Waals surface area contributed by atoms with E-state index < -0.39 is 17.5 Å². The van der Waals surface area contributed by atoms with Crippen LogP contribution in [0.4, 0.5) is 8.78 Å². The van der Waals surface area contributed by atoms with Gasteiger partial charge >= 0.3 is 0 Å². The van der Waals surface area contributed by atoms with E-state index in [0.717, 1.165) is 25.0 Å². The summed E-state index contributed by atoms with van der Waals surface area (Å²) in [6.07, 6.45) is 1.67. The molecule has 0 aliphatic carbocycles. The molecule has 1 unspecified atom stereocenters. The number of aliphatic hydroxyl groups is 1. The Morgan fingerprint density at radius 3 is 2.82 bits per heavy atom. The van der Waals surface area contributed by atoms with Gasteiger partial charge in [-0.1, -0.05) is 0 Å². The van der Waals surface area contributed by atoms with Crippen molar-refractivity contribution >= 4 is 11.8 Å². The number of carbonyl (C=O) groups excluding carboxylic acids is 2. The second-order valence-electron chi connectivity index (χ2n) is 5.34. The van der Waals surface area contributed by atoms with Gasteiger partial charge in [0.15, 0.2) is 0 Å². The van der Waals surface area contributed by atoms with E-state index in [-0.39, 0.29) is 30.5 Å². The normalized spacial score (nSPS) is 18.1. The molecule has 1 aliphatic heterocycles. The van der Waals surface area contributed by atoms with Gasteiger partial charge in [0.05, 0.1) is 12.1 Å². The summed E-state index contributed by atoms with van der Waals surface area (Å²) in [5, 5.41) is 11.5. The number of amides is 2. The van der Waals surface area contributed by atoms with E-state index in [1.165, 1.54) is 0 Å². The van der Waals surface area contributed by atoms with Gasteiger partial charge < -0.3 is 15.3 Å². The van der Waals surface area contributed by atoms with Crippen LogP contribution in [0.3, 0.4) is 0 Å². The maximum Gasteiger partial charge on any atom is 0.254 e. The molecule has 2 amide bonds. The fourth-order valence-electron chi connectivity index (χ4n) is 2.48. The Morgan fingerprint density at radius 1 is 1.36 bits per heavy atom. The first-order chi connectivity index (χ1) is 10.5. The van der Waals surface area contributed by atoms with Crippen molar-refractivity contribution in [1.29, 1.82) is 0 Å². The van der Waals surface area contributed by atoms with Crippen LogP contribution >= 0.6 is 0 Å². The average molecular weight is 312 g/mol. The van der Waals surface area contributed by atoms with Crippen molar-refractivity contribution in [2.45, 2.75) is 12.8 Å². The van der Waals surface area contributed by atoms with Crippen LogP contribution in [0.1, 0.15) is 23.2 Å². The topological polar surface area (TPSA) is 69.6 Å². The first-order valence-electron chi connectivity index (χ1n) is 7.13. The highest BCUT2D eigenvalue weighted by Crippen LogP contribution is 2.15. The van der Waals surface area contributed by atoms with Gasteiger partial charge in [-0.3, -0.25) is 9.59 Å². The minimum atomic E-state index is -0.969. The van der Waals surface area contributed by atoms with Gasteiger partial charge in [0, 0.05) is 25.8 Å². The number of aliphatic hydroxyl groups excluding tert-OH is 1. The van der Waals surface area contributed by atoms with Crippen LogP contribution in [0.5, 0.6) is 0 Å². The van der Waals surface area contributed by atoms with E-state index in [0.29, 0.717) is 19.2 Å². The van der Waals surface area contributed by atoms with Gasteiger partial charge in [-0.15, -0.1) is 0 Å². The van der Waals surface area contributed by atoms with E-state index >= 15 is 0 Å². The van der Waals surface area contributed by atoms with Gasteiger partial charge in [0.2, 0.25) is 5.91 Å². The highest BCUT2D eigenvalue weighted by Gasteiger charge is 2.23. The molecule has 0 spiro atoms. The molecular formula is C15H18F2N2O3. The second kappa shape index (κ2) is 7.31. The number of benzene rings is 1. The summed E-state index contributed by atoms with van der Waals surface area (Å²) >= 11 is 0. The predicted molar refractivity (Wildman–Crippen MR) is 75.1 cm³/mol. The highest BCUT2D eigenvalue weighted by atomic mass is 19.1. The quantitative estimate of drug-likeness (QED) is 0.869. The zero-order chi connectivity index (χ0) is 16.1. The van der Waals surface area contributed by atoms with Crippen molar-refractivity contribution in [3.8, 4) is 0 Å². The Kier molecular flexibility index (Phi) is 5.43. The molecule has 1 saturated heterocycles. The molecule has 0 saturated carbocycles. The molecule has 1 aliphatic rings. The molecule has 0 bridgehead atoms. The van der Waals surface area contributed by atoms with Crippen molar-refractivity contribution in [3.63, 3.8) is 0 Å². The van der Waals surface area contributed by atoms with Gasteiger partial charge in [-0.25, -0.2) is 8.78 Å². The number of hydrogen-bond donors (Lipinski definition) is 2. The smallest absolute Gasteiger partial charge is 0.254 e. The molecule has 0 radical (unpaired) electrons. The molecule has 1 fully saturated rings. The Bertz CT molecular complexity index is 566. The fraction of sp³-hybridized carbons (Fsp3) is 0.467. The van der Waals surface area contributed by atoms with E-state index in [9.17, 15) is 18.4 Å². The maximum absolute atomic E-state index is 13.5. The monoisotopic (exact) mass is 312 g/mol. The molecule has 1 aromatic carbocycles. The summed E-state index contributed by atoms with van der Waals surface area (Å²) in [6, 6.07) is 2.64. The summed E-state index contributed by atoms with van der Waals surface area (Å²) in [5.41, 5.74) is -0.305. The van der Waals surface area contributed by atoms with Crippen LogP contribution in [0.15, 0.2) is 18.2 Å². The minimum Gasteiger partial charge on any atom is -0.396 e. The van der Waals surface area contributed by atoms with Crippen LogP contribution in [0.25, 0.3) is 0 Å². The zero-order valence-corrected chi connectivity index (χ0v) is 12.0. The first kappa shape index (κ1) is 16.4.